The lowest BCUT2D eigenvalue weighted by Gasteiger charge is -2.13. The summed E-state index contributed by atoms with van der Waals surface area (Å²) in [7, 11) is -3.27. The molecule has 0 aromatic carbocycles. The van der Waals surface area contributed by atoms with Gasteiger partial charge in [-0.3, -0.25) is 0 Å². The fraction of sp³-hybridized carbons (Fsp3) is 0.700. The van der Waals surface area contributed by atoms with Crippen molar-refractivity contribution >= 4 is 21.4 Å². The van der Waals surface area contributed by atoms with E-state index in [0.29, 0.717) is 6.54 Å². The van der Waals surface area contributed by atoms with E-state index in [2.05, 4.69) is 15.0 Å². The van der Waals surface area contributed by atoms with Crippen molar-refractivity contribution < 1.29 is 8.42 Å². The number of nitrogens with one attached hydrogen (secondary N) is 2. The molecule has 0 amide bonds. The Morgan fingerprint density at radius 2 is 2.24 bits per heavy atom. The third-order valence-electron chi connectivity index (χ3n) is 2.31. The molecule has 1 rings (SSSR count). The summed E-state index contributed by atoms with van der Waals surface area (Å²) >= 11 is 1.50. The largest absolute Gasteiger partial charge is 0.316 e. The lowest BCUT2D eigenvalue weighted by molar-refractivity contribution is 0.559. The maximum Gasteiger partial charge on any atom is 0.215 e. The van der Waals surface area contributed by atoms with E-state index in [0.717, 1.165) is 16.4 Å². The summed E-state index contributed by atoms with van der Waals surface area (Å²) in [6.45, 7) is 7.10. The van der Waals surface area contributed by atoms with Crippen molar-refractivity contribution in [3.8, 4) is 0 Å². The van der Waals surface area contributed by atoms with Crippen molar-refractivity contribution in [2.24, 2.45) is 0 Å². The number of nitrogens with zero attached hydrogens (tertiary/aromatic N) is 1. The summed E-state index contributed by atoms with van der Waals surface area (Å²) in [4.78, 5) is 5.20. The number of rotatable bonds is 7. The van der Waals surface area contributed by atoms with Crippen molar-refractivity contribution in [2.75, 3.05) is 13.1 Å². The fourth-order valence-electron chi connectivity index (χ4n) is 1.25. The maximum atomic E-state index is 11.8. The van der Waals surface area contributed by atoms with Gasteiger partial charge in [0.05, 0.1) is 11.8 Å². The summed E-state index contributed by atoms with van der Waals surface area (Å²) in [6, 6.07) is 0. The minimum atomic E-state index is -3.27. The van der Waals surface area contributed by atoms with Gasteiger partial charge in [-0.05, 0) is 20.4 Å². The normalized spacial score (nSPS) is 13.8. The molecule has 0 aliphatic carbocycles. The first-order chi connectivity index (χ1) is 7.95. The molecule has 1 aromatic rings. The number of hydrogen-bond donors (Lipinski definition) is 2. The number of hydrogen-bond acceptors (Lipinski definition) is 5. The van der Waals surface area contributed by atoms with Gasteiger partial charge in [0.15, 0.2) is 0 Å². The minimum absolute atomic E-state index is 0.275. The van der Waals surface area contributed by atoms with Crippen LogP contribution >= 0.6 is 11.3 Å². The summed E-state index contributed by atoms with van der Waals surface area (Å²) in [5.41, 5.74) is 0. The first-order valence-electron chi connectivity index (χ1n) is 5.56. The monoisotopic (exact) mass is 277 g/mol. The van der Waals surface area contributed by atoms with E-state index in [4.69, 9.17) is 0 Å². The predicted octanol–water partition coefficient (Wildman–Crippen LogP) is 0.869. The molecule has 0 bridgehead atoms. The standard InChI is InChI=1S/C10H19N3O2S2/c1-4-11-6-9(3)17(14,15)13-7-10-12-5-8(2)16-10/h5,9,11,13H,4,6-7H2,1-3H3. The first kappa shape index (κ1) is 14.6. The molecule has 2 N–H and O–H groups in total. The van der Waals surface area contributed by atoms with E-state index in [1.54, 1.807) is 13.1 Å². The van der Waals surface area contributed by atoms with Crippen molar-refractivity contribution in [1.29, 1.82) is 0 Å². The molecule has 0 fully saturated rings. The molecule has 98 valence electrons. The number of thiazole rings is 1. The van der Waals surface area contributed by atoms with Gasteiger partial charge >= 0.3 is 0 Å². The van der Waals surface area contributed by atoms with Crippen LogP contribution in [0.5, 0.6) is 0 Å². The molecule has 17 heavy (non-hydrogen) atoms. The van der Waals surface area contributed by atoms with Crippen molar-refractivity contribution in [3.63, 3.8) is 0 Å². The van der Waals surface area contributed by atoms with Gasteiger partial charge in [0.2, 0.25) is 10.0 Å². The zero-order valence-electron chi connectivity index (χ0n) is 10.4. The molecule has 1 aromatic heterocycles. The number of aromatic nitrogens is 1. The van der Waals surface area contributed by atoms with Crippen LogP contribution in [0.25, 0.3) is 0 Å². The lowest BCUT2D eigenvalue weighted by atomic mass is 10.5. The molecule has 0 saturated heterocycles. The Bertz CT molecular complexity index is 442. The second kappa shape index (κ2) is 6.44. The van der Waals surface area contributed by atoms with Crippen LogP contribution in [0.3, 0.4) is 0 Å². The van der Waals surface area contributed by atoms with E-state index >= 15 is 0 Å². The smallest absolute Gasteiger partial charge is 0.215 e. The summed E-state index contributed by atoms with van der Waals surface area (Å²) < 4.78 is 26.3. The molecule has 7 heteroatoms. The highest BCUT2D eigenvalue weighted by Gasteiger charge is 2.19. The Balaban J connectivity index is 2.49. The highest BCUT2D eigenvalue weighted by molar-refractivity contribution is 7.90. The molecule has 1 atom stereocenters. The molecule has 0 saturated carbocycles. The fourth-order valence-corrected chi connectivity index (χ4v) is 3.02. The van der Waals surface area contributed by atoms with Gasteiger partial charge in [0, 0.05) is 17.6 Å². The van der Waals surface area contributed by atoms with Gasteiger partial charge in [-0.15, -0.1) is 11.3 Å². The molecule has 0 radical (unpaired) electrons. The van der Waals surface area contributed by atoms with Gasteiger partial charge in [-0.2, -0.15) is 0 Å². The van der Waals surface area contributed by atoms with Crippen LogP contribution in [-0.2, 0) is 16.6 Å². The van der Waals surface area contributed by atoms with Crippen LogP contribution in [0.2, 0.25) is 0 Å². The Labute approximate surface area is 107 Å². The Hall–Kier alpha value is -0.500. The van der Waals surface area contributed by atoms with E-state index in [9.17, 15) is 8.42 Å². The summed E-state index contributed by atoms with van der Waals surface area (Å²) in [5.74, 6) is 0. The average Bonchev–Trinajstić information content (AvgIpc) is 2.69. The highest BCUT2D eigenvalue weighted by atomic mass is 32.2. The molecular formula is C10H19N3O2S2. The van der Waals surface area contributed by atoms with Crippen molar-refractivity contribution in [2.45, 2.75) is 32.6 Å². The van der Waals surface area contributed by atoms with Crippen LogP contribution in [-0.4, -0.2) is 31.7 Å². The topological polar surface area (TPSA) is 71.1 Å². The summed E-state index contributed by atoms with van der Waals surface area (Å²) in [5, 5.41) is 3.38. The Morgan fingerprint density at radius 3 is 2.76 bits per heavy atom. The SMILES string of the molecule is CCNCC(C)S(=O)(=O)NCc1ncc(C)s1. The van der Waals surface area contributed by atoms with E-state index < -0.39 is 15.3 Å². The third-order valence-corrected chi connectivity index (χ3v) is 4.99. The van der Waals surface area contributed by atoms with E-state index in [-0.39, 0.29) is 6.54 Å². The van der Waals surface area contributed by atoms with Gasteiger partial charge in [-0.1, -0.05) is 6.92 Å². The van der Waals surface area contributed by atoms with Gasteiger partial charge in [0.1, 0.15) is 5.01 Å². The third kappa shape index (κ3) is 4.71. The van der Waals surface area contributed by atoms with E-state index in [1.807, 2.05) is 13.8 Å². The average molecular weight is 277 g/mol. The van der Waals surface area contributed by atoms with Crippen LogP contribution < -0.4 is 10.0 Å². The lowest BCUT2D eigenvalue weighted by Crippen LogP contribution is -2.38. The Morgan fingerprint density at radius 1 is 1.53 bits per heavy atom. The zero-order valence-corrected chi connectivity index (χ0v) is 12.0. The molecule has 0 aliphatic heterocycles. The summed E-state index contributed by atoms with van der Waals surface area (Å²) in [6.07, 6.45) is 1.75. The molecule has 1 unspecified atom stereocenters. The molecular weight excluding hydrogens is 258 g/mol. The Kier molecular flexibility index (Phi) is 5.51. The van der Waals surface area contributed by atoms with Crippen LogP contribution in [0.1, 0.15) is 23.7 Å². The second-order valence-electron chi connectivity index (χ2n) is 3.85. The quantitative estimate of drug-likeness (QED) is 0.776. The maximum absolute atomic E-state index is 11.8. The van der Waals surface area contributed by atoms with Crippen molar-refractivity contribution in [1.82, 2.24) is 15.0 Å². The van der Waals surface area contributed by atoms with Crippen LogP contribution in [0.4, 0.5) is 0 Å². The molecule has 5 nitrogen and oxygen atoms in total. The molecule has 1 heterocycles. The van der Waals surface area contributed by atoms with Gasteiger partial charge in [-0.25, -0.2) is 18.1 Å². The second-order valence-corrected chi connectivity index (χ2v) is 7.35. The van der Waals surface area contributed by atoms with Gasteiger partial charge in [0.25, 0.3) is 0 Å². The van der Waals surface area contributed by atoms with Crippen LogP contribution in [0.15, 0.2) is 6.20 Å². The molecule has 0 spiro atoms. The molecule has 0 aliphatic rings. The van der Waals surface area contributed by atoms with E-state index in [1.165, 1.54) is 11.3 Å². The highest BCUT2D eigenvalue weighted by Crippen LogP contribution is 2.11. The minimum Gasteiger partial charge on any atom is -0.316 e. The zero-order chi connectivity index (χ0) is 12.9. The van der Waals surface area contributed by atoms with Crippen molar-refractivity contribution in [3.05, 3.63) is 16.1 Å². The predicted molar refractivity (Wildman–Crippen MR) is 70.6 cm³/mol. The number of sulfonamides is 1. The van der Waals surface area contributed by atoms with Crippen LogP contribution in [0, 0.1) is 6.92 Å². The first-order valence-corrected chi connectivity index (χ1v) is 7.92. The van der Waals surface area contributed by atoms with Gasteiger partial charge < -0.3 is 5.32 Å². The number of aryl methyl sites for hydroxylation is 1.